The first-order valence-corrected chi connectivity index (χ1v) is 4.95. The first-order valence-electron chi connectivity index (χ1n) is 4.57. The minimum Gasteiger partial charge on any atom is -0.233 e. The molecule has 2 rings (SSSR count). The maximum absolute atomic E-state index is 13.6. The lowest BCUT2D eigenvalue weighted by atomic mass is 10.3. The molecule has 0 aliphatic heterocycles. The molecule has 15 heavy (non-hydrogen) atoms. The molecule has 4 heteroatoms. The summed E-state index contributed by atoms with van der Waals surface area (Å²) >= 11 is 5.94. The van der Waals surface area contributed by atoms with Gasteiger partial charge in [0.15, 0.2) is 0 Å². The number of hydrogen-bond acceptors (Lipinski definition) is 1. The van der Waals surface area contributed by atoms with Crippen molar-refractivity contribution in [2.75, 3.05) is 0 Å². The summed E-state index contributed by atoms with van der Waals surface area (Å²) in [5.74, 6) is -0.367. The van der Waals surface area contributed by atoms with E-state index in [1.807, 2.05) is 19.9 Å². The molecule has 0 N–H and O–H groups in total. The third kappa shape index (κ3) is 1.75. The zero-order chi connectivity index (χ0) is 11.0. The van der Waals surface area contributed by atoms with Gasteiger partial charge in [0.25, 0.3) is 0 Å². The first kappa shape index (κ1) is 10.2. The Morgan fingerprint density at radius 3 is 2.60 bits per heavy atom. The molecule has 1 aromatic heterocycles. The molecule has 78 valence electrons. The normalized spacial score (nSPS) is 10.7. The summed E-state index contributed by atoms with van der Waals surface area (Å²) < 4.78 is 15.1. The number of nitrogens with zero attached hydrogens (tertiary/aromatic N) is 2. The van der Waals surface area contributed by atoms with Crippen molar-refractivity contribution in [1.29, 1.82) is 0 Å². The van der Waals surface area contributed by atoms with Crippen LogP contribution in [0.15, 0.2) is 24.3 Å². The highest BCUT2D eigenvalue weighted by molar-refractivity contribution is 6.32. The summed E-state index contributed by atoms with van der Waals surface area (Å²) in [6.07, 6.45) is 0. The van der Waals surface area contributed by atoms with Crippen molar-refractivity contribution in [3.8, 4) is 5.69 Å². The molecule has 0 spiro atoms. The highest BCUT2D eigenvalue weighted by Crippen LogP contribution is 2.24. The van der Waals surface area contributed by atoms with Gasteiger partial charge in [0, 0.05) is 5.69 Å². The van der Waals surface area contributed by atoms with Crippen molar-refractivity contribution >= 4 is 11.6 Å². The van der Waals surface area contributed by atoms with E-state index in [0.717, 1.165) is 11.4 Å². The lowest BCUT2D eigenvalue weighted by molar-refractivity contribution is 0.608. The van der Waals surface area contributed by atoms with E-state index in [1.54, 1.807) is 12.1 Å². The van der Waals surface area contributed by atoms with Crippen LogP contribution in [0.5, 0.6) is 0 Å². The lowest BCUT2D eigenvalue weighted by Gasteiger charge is -2.07. The molecular weight excluding hydrogens is 215 g/mol. The fourth-order valence-electron chi connectivity index (χ4n) is 1.55. The largest absolute Gasteiger partial charge is 0.233 e. The molecule has 0 unspecified atom stereocenters. The lowest BCUT2D eigenvalue weighted by Crippen LogP contribution is -2.02. The van der Waals surface area contributed by atoms with Crippen molar-refractivity contribution in [1.82, 2.24) is 9.78 Å². The molecule has 0 saturated carbocycles. The third-order valence-electron chi connectivity index (χ3n) is 2.16. The predicted octanol–water partition coefficient (Wildman–Crippen LogP) is 3.28. The topological polar surface area (TPSA) is 17.8 Å². The Morgan fingerprint density at radius 1 is 1.33 bits per heavy atom. The molecule has 0 amide bonds. The first-order chi connectivity index (χ1) is 7.09. The van der Waals surface area contributed by atoms with E-state index < -0.39 is 0 Å². The molecule has 0 bridgehead atoms. The summed E-state index contributed by atoms with van der Waals surface area (Å²) in [7, 11) is 0. The number of para-hydroxylation sites is 1. The molecular formula is C11H10ClFN2. The smallest absolute Gasteiger partial charge is 0.150 e. The van der Waals surface area contributed by atoms with Crippen molar-refractivity contribution in [3.05, 3.63) is 46.5 Å². The summed E-state index contributed by atoms with van der Waals surface area (Å²) in [4.78, 5) is 0. The number of benzene rings is 1. The van der Waals surface area contributed by atoms with Crippen LogP contribution in [-0.2, 0) is 0 Å². The van der Waals surface area contributed by atoms with Gasteiger partial charge >= 0.3 is 0 Å². The van der Waals surface area contributed by atoms with Crippen molar-refractivity contribution in [2.45, 2.75) is 13.8 Å². The van der Waals surface area contributed by atoms with Crippen molar-refractivity contribution < 1.29 is 4.39 Å². The van der Waals surface area contributed by atoms with Crippen LogP contribution in [0.4, 0.5) is 4.39 Å². The fraction of sp³-hybridized carbons (Fsp3) is 0.182. The van der Waals surface area contributed by atoms with E-state index in [-0.39, 0.29) is 5.82 Å². The summed E-state index contributed by atoms with van der Waals surface area (Å²) in [5.41, 5.74) is 2.01. The molecule has 0 saturated heterocycles. The third-order valence-corrected chi connectivity index (χ3v) is 2.46. The Morgan fingerprint density at radius 2 is 2.07 bits per heavy atom. The van der Waals surface area contributed by atoms with E-state index in [0.29, 0.717) is 10.7 Å². The Bertz CT molecular complexity index is 485. The van der Waals surface area contributed by atoms with Gasteiger partial charge in [-0.25, -0.2) is 9.07 Å². The van der Waals surface area contributed by atoms with Gasteiger partial charge in [-0.05, 0) is 32.0 Å². The second kappa shape index (κ2) is 3.66. The van der Waals surface area contributed by atoms with E-state index in [1.165, 1.54) is 10.7 Å². The number of aromatic nitrogens is 2. The molecule has 0 aliphatic rings. The molecule has 0 fully saturated rings. The van der Waals surface area contributed by atoms with Crippen LogP contribution in [0.1, 0.15) is 11.4 Å². The Labute approximate surface area is 92.3 Å². The summed E-state index contributed by atoms with van der Waals surface area (Å²) in [6, 6.07) is 6.48. The second-order valence-corrected chi connectivity index (χ2v) is 3.82. The van der Waals surface area contributed by atoms with Crippen molar-refractivity contribution in [3.63, 3.8) is 0 Å². The van der Waals surface area contributed by atoms with Crippen LogP contribution in [0.3, 0.4) is 0 Å². The molecule has 0 atom stereocenters. The van der Waals surface area contributed by atoms with Crippen LogP contribution in [0, 0.1) is 19.7 Å². The number of rotatable bonds is 1. The maximum Gasteiger partial charge on any atom is 0.150 e. The van der Waals surface area contributed by atoms with Gasteiger partial charge in [-0.3, -0.25) is 0 Å². The predicted molar refractivity (Wildman–Crippen MR) is 58.0 cm³/mol. The molecule has 2 nitrogen and oxygen atoms in total. The van der Waals surface area contributed by atoms with Crippen LogP contribution < -0.4 is 0 Å². The van der Waals surface area contributed by atoms with Crippen LogP contribution >= 0.6 is 11.6 Å². The fourth-order valence-corrected chi connectivity index (χ4v) is 1.79. The number of halogens is 2. The van der Waals surface area contributed by atoms with Crippen LogP contribution in [-0.4, -0.2) is 9.78 Å². The molecule has 0 radical (unpaired) electrons. The van der Waals surface area contributed by atoms with Gasteiger partial charge < -0.3 is 0 Å². The average molecular weight is 225 g/mol. The maximum atomic E-state index is 13.6. The zero-order valence-corrected chi connectivity index (χ0v) is 9.22. The standard InChI is InChI=1S/C11H10ClFN2/c1-7-6-8(2)15(14-7)11-9(12)4-3-5-10(11)13/h3-6H,1-2H3. The SMILES string of the molecule is Cc1cc(C)n(-c2c(F)cccc2Cl)n1. The van der Waals surface area contributed by atoms with E-state index in [4.69, 9.17) is 11.6 Å². The summed E-state index contributed by atoms with van der Waals surface area (Å²) in [5, 5.41) is 4.56. The monoisotopic (exact) mass is 224 g/mol. The van der Waals surface area contributed by atoms with Crippen molar-refractivity contribution in [2.24, 2.45) is 0 Å². The van der Waals surface area contributed by atoms with Gasteiger partial charge in [-0.1, -0.05) is 17.7 Å². The van der Waals surface area contributed by atoms with Gasteiger partial charge in [-0.15, -0.1) is 0 Å². The zero-order valence-electron chi connectivity index (χ0n) is 8.46. The second-order valence-electron chi connectivity index (χ2n) is 3.41. The average Bonchev–Trinajstić information content (AvgIpc) is 2.45. The van der Waals surface area contributed by atoms with E-state index in [2.05, 4.69) is 5.10 Å². The molecule has 1 aromatic carbocycles. The quantitative estimate of drug-likeness (QED) is 0.727. The number of aryl methyl sites for hydroxylation is 2. The highest BCUT2D eigenvalue weighted by Gasteiger charge is 2.12. The Balaban J connectivity index is 2.68. The Hall–Kier alpha value is -1.35. The van der Waals surface area contributed by atoms with Gasteiger partial charge in [-0.2, -0.15) is 5.10 Å². The van der Waals surface area contributed by atoms with E-state index in [9.17, 15) is 4.39 Å². The Kier molecular flexibility index (Phi) is 2.49. The summed E-state index contributed by atoms with van der Waals surface area (Å²) in [6.45, 7) is 3.72. The minimum atomic E-state index is -0.367. The van der Waals surface area contributed by atoms with Gasteiger partial charge in [0.05, 0.1) is 10.7 Å². The molecule has 1 heterocycles. The van der Waals surface area contributed by atoms with Crippen LogP contribution in [0.25, 0.3) is 5.69 Å². The minimum absolute atomic E-state index is 0.310. The molecule has 0 aliphatic carbocycles. The van der Waals surface area contributed by atoms with Gasteiger partial charge in [0.1, 0.15) is 11.5 Å². The van der Waals surface area contributed by atoms with Gasteiger partial charge in [0.2, 0.25) is 0 Å². The highest BCUT2D eigenvalue weighted by atomic mass is 35.5. The number of hydrogen-bond donors (Lipinski definition) is 0. The van der Waals surface area contributed by atoms with Crippen LogP contribution in [0.2, 0.25) is 5.02 Å². The molecule has 2 aromatic rings. The van der Waals surface area contributed by atoms with E-state index >= 15 is 0 Å².